The van der Waals surface area contributed by atoms with E-state index in [4.69, 9.17) is 9.97 Å². The van der Waals surface area contributed by atoms with E-state index in [-0.39, 0.29) is 0 Å². The summed E-state index contributed by atoms with van der Waals surface area (Å²) in [6.07, 6.45) is 3.70. The largest absolute Gasteiger partial charge is 0.264 e. The molecule has 0 amide bonds. The highest BCUT2D eigenvalue weighted by Gasteiger charge is 2.19. The SMILES string of the molecule is c1ccc(-c2c3ccccc3c(-c3cccc(-c4nc(-c5ccc(-c6cccnc6)cc5)cc(-c5cc6ccccc6c6ccccc56)n4)c3)c3ccccc23)cc1. The second-order valence-electron chi connectivity index (χ2n) is 14.8. The molecule has 2 heterocycles. The molecule has 0 unspecified atom stereocenters. The highest BCUT2D eigenvalue weighted by molar-refractivity contribution is 6.21. The van der Waals surface area contributed by atoms with Crippen molar-refractivity contribution in [3.05, 3.63) is 213 Å². The second-order valence-corrected chi connectivity index (χ2v) is 14.8. The third-order valence-electron chi connectivity index (χ3n) is 11.3. The Morgan fingerprint density at radius 1 is 0.293 bits per heavy atom. The number of aromatic nitrogens is 3. The smallest absolute Gasteiger partial charge is 0.160 e. The molecule has 270 valence electrons. The van der Waals surface area contributed by atoms with Gasteiger partial charge in [-0.15, -0.1) is 0 Å². The van der Waals surface area contributed by atoms with Gasteiger partial charge in [-0.1, -0.05) is 176 Å². The molecule has 9 aromatic carbocycles. The summed E-state index contributed by atoms with van der Waals surface area (Å²) >= 11 is 0. The van der Waals surface area contributed by atoms with Crippen LogP contribution in [0.1, 0.15) is 0 Å². The van der Waals surface area contributed by atoms with Crippen LogP contribution in [-0.4, -0.2) is 15.0 Å². The molecular formula is C55H35N3. The third-order valence-corrected chi connectivity index (χ3v) is 11.3. The molecule has 0 atom stereocenters. The molecule has 3 heteroatoms. The summed E-state index contributed by atoms with van der Waals surface area (Å²) in [5.74, 6) is 0.678. The lowest BCUT2D eigenvalue weighted by Crippen LogP contribution is -1.97. The maximum atomic E-state index is 5.42. The van der Waals surface area contributed by atoms with Crippen LogP contribution in [0.15, 0.2) is 213 Å². The summed E-state index contributed by atoms with van der Waals surface area (Å²) in [5, 5.41) is 9.66. The Balaban J connectivity index is 1.13. The van der Waals surface area contributed by atoms with Crippen molar-refractivity contribution in [3.63, 3.8) is 0 Å². The Hall–Kier alpha value is -7.75. The predicted molar refractivity (Wildman–Crippen MR) is 242 cm³/mol. The number of nitrogens with zero attached hydrogens (tertiary/aromatic N) is 3. The fourth-order valence-electron chi connectivity index (χ4n) is 8.66. The van der Waals surface area contributed by atoms with Crippen LogP contribution in [0.3, 0.4) is 0 Å². The first-order valence-electron chi connectivity index (χ1n) is 19.7. The van der Waals surface area contributed by atoms with Crippen molar-refractivity contribution in [2.45, 2.75) is 0 Å². The maximum absolute atomic E-state index is 5.42. The number of benzene rings is 9. The standard InChI is InChI=1S/C55H35N3/c1-2-14-38(15-3-1)53-46-23-8-10-25-48(46)54(49-26-11-9-24-47(49)53)40-17-12-18-41(32-40)55-57-51(37-29-27-36(28-30-37)42-19-13-31-56-35-42)34-52(58-55)50-33-39-16-4-5-20-43(39)44-21-6-7-22-45(44)50/h1-35H. The summed E-state index contributed by atoms with van der Waals surface area (Å²) in [6.45, 7) is 0. The zero-order valence-corrected chi connectivity index (χ0v) is 31.5. The molecule has 0 saturated heterocycles. The molecule has 0 aliphatic rings. The fourth-order valence-corrected chi connectivity index (χ4v) is 8.66. The van der Waals surface area contributed by atoms with Gasteiger partial charge in [-0.05, 0) is 101 Å². The molecule has 58 heavy (non-hydrogen) atoms. The van der Waals surface area contributed by atoms with E-state index in [2.05, 4.69) is 199 Å². The Kier molecular flexibility index (Phi) is 8.15. The first-order valence-corrected chi connectivity index (χ1v) is 19.7. The van der Waals surface area contributed by atoms with Crippen LogP contribution in [0.5, 0.6) is 0 Å². The minimum atomic E-state index is 0.678. The molecule has 0 radical (unpaired) electrons. The first-order chi connectivity index (χ1) is 28.8. The number of hydrogen-bond acceptors (Lipinski definition) is 3. The summed E-state index contributed by atoms with van der Waals surface area (Å²) in [6, 6.07) is 71.4. The van der Waals surface area contributed by atoms with E-state index in [1.807, 2.05) is 12.3 Å². The fraction of sp³-hybridized carbons (Fsp3) is 0. The lowest BCUT2D eigenvalue weighted by molar-refractivity contribution is 1.19. The quantitative estimate of drug-likeness (QED) is 0.126. The normalized spacial score (nSPS) is 11.4. The van der Waals surface area contributed by atoms with Gasteiger partial charge in [0.05, 0.1) is 11.4 Å². The molecule has 11 rings (SSSR count). The zero-order chi connectivity index (χ0) is 38.4. The van der Waals surface area contributed by atoms with Crippen LogP contribution in [0.2, 0.25) is 0 Å². The van der Waals surface area contributed by atoms with Crippen LogP contribution >= 0.6 is 0 Å². The monoisotopic (exact) mass is 737 g/mol. The van der Waals surface area contributed by atoms with Gasteiger partial charge in [0.25, 0.3) is 0 Å². The molecule has 2 aromatic heterocycles. The van der Waals surface area contributed by atoms with Crippen LogP contribution in [0, 0.1) is 0 Å². The second kappa shape index (κ2) is 14.1. The molecule has 3 nitrogen and oxygen atoms in total. The van der Waals surface area contributed by atoms with Crippen LogP contribution in [0.4, 0.5) is 0 Å². The number of fused-ring (bicyclic) bond motifs is 5. The molecule has 0 aliphatic heterocycles. The summed E-state index contributed by atoms with van der Waals surface area (Å²) in [5.41, 5.74) is 11.8. The van der Waals surface area contributed by atoms with Crippen molar-refractivity contribution >= 4 is 43.1 Å². The first kappa shape index (κ1) is 33.6. The maximum Gasteiger partial charge on any atom is 0.160 e. The van der Waals surface area contributed by atoms with Crippen molar-refractivity contribution in [2.75, 3.05) is 0 Å². The molecule has 0 fully saturated rings. The number of pyridine rings is 1. The van der Waals surface area contributed by atoms with Gasteiger partial charge in [0, 0.05) is 29.1 Å². The van der Waals surface area contributed by atoms with Gasteiger partial charge in [0.15, 0.2) is 5.82 Å². The summed E-state index contributed by atoms with van der Waals surface area (Å²) < 4.78 is 0. The molecule has 0 N–H and O–H groups in total. The van der Waals surface area contributed by atoms with Gasteiger partial charge in [0.1, 0.15) is 0 Å². The van der Waals surface area contributed by atoms with E-state index in [1.165, 1.54) is 54.4 Å². The number of rotatable bonds is 6. The average molecular weight is 738 g/mol. The van der Waals surface area contributed by atoms with Crippen molar-refractivity contribution in [1.29, 1.82) is 0 Å². The van der Waals surface area contributed by atoms with Crippen LogP contribution in [-0.2, 0) is 0 Å². The van der Waals surface area contributed by atoms with Crippen LogP contribution < -0.4 is 0 Å². The Morgan fingerprint density at radius 3 is 1.52 bits per heavy atom. The lowest BCUT2D eigenvalue weighted by atomic mass is 9.85. The van der Waals surface area contributed by atoms with Gasteiger partial charge in [0.2, 0.25) is 0 Å². The minimum absolute atomic E-state index is 0.678. The van der Waals surface area contributed by atoms with E-state index in [1.54, 1.807) is 6.20 Å². The Morgan fingerprint density at radius 2 is 0.828 bits per heavy atom. The topological polar surface area (TPSA) is 38.7 Å². The van der Waals surface area contributed by atoms with Gasteiger partial charge < -0.3 is 0 Å². The molecule has 0 spiro atoms. The van der Waals surface area contributed by atoms with E-state index in [0.717, 1.165) is 50.2 Å². The van der Waals surface area contributed by atoms with Crippen molar-refractivity contribution < 1.29 is 0 Å². The average Bonchev–Trinajstić information content (AvgIpc) is 3.31. The van der Waals surface area contributed by atoms with E-state index < -0.39 is 0 Å². The van der Waals surface area contributed by atoms with E-state index in [0.29, 0.717) is 5.82 Å². The summed E-state index contributed by atoms with van der Waals surface area (Å²) in [7, 11) is 0. The molecule has 0 bridgehead atoms. The molecule has 11 aromatic rings. The van der Waals surface area contributed by atoms with Gasteiger partial charge in [-0.25, -0.2) is 9.97 Å². The highest BCUT2D eigenvalue weighted by atomic mass is 14.9. The predicted octanol–water partition coefficient (Wildman–Crippen LogP) is 14.5. The van der Waals surface area contributed by atoms with Crippen molar-refractivity contribution in [1.82, 2.24) is 15.0 Å². The minimum Gasteiger partial charge on any atom is -0.264 e. The Bertz CT molecular complexity index is 3260. The lowest BCUT2D eigenvalue weighted by Gasteiger charge is -2.18. The van der Waals surface area contributed by atoms with E-state index in [9.17, 15) is 0 Å². The third kappa shape index (κ3) is 5.80. The molecule has 0 aliphatic carbocycles. The number of hydrogen-bond donors (Lipinski definition) is 0. The van der Waals surface area contributed by atoms with Crippen molar-refractivity contribution in [3.8, 4) is 67.3 Å². The van der Waals surface area contributed by atoms with Gasteiger partial charge >= 0.3 is 0 Å². The van der Waals surface area contributed by atoms with Crippen LogP contribution in [0.25, 0.3) is 110 Å². The van der Waals surface area contributed by atoms with E-state index >= 15 is 0 Å². The summed E-state index contributed by atoms with van der Waals surface area (Å²) in [4.78, 5) is 15.1. The molecule has 0 saturated carbocycles. The van der Waals surface area contributed by atoms with Crippen molar-refractivity contribution in [2.24, 2.45) is 0 Å². The molecular weight excluding hydrogens is 703 g/mol. The highest BCUT2D eigenvalue weighted by Crippen LogP contribution is 2.44. The van der Waals surface area contributed by atoms with Gasteiger partial charge in [-0.2, -0.15) is 0 Å². The Labute approximate surface area is 336 Å². The zero-order valence-electron chi connectivity index (χ0n) is 31.5. The van der Waals surface area contributed by atoms with Gasteiger partial charge in [-0.3, -0.25) is 4.98 Å².